The molecule has 2 aromatic rings. The van der Waals surface area contributed by atoms with Crippen LogP contribution < -0.4 is 11.2 Å². The van der Waals surface area contributed by atoms with Crippen molar-refractivity contribution >= 4 is 5.97 Å². The average molecular weight is 316 g/mol. The number of nitrogens with zero attached hydrogens (tertiary/aromatic N) is 2. The van der Waals surface area contributed by atoms with Gasteiger partial charge >= 0.3 is 11.7 Å². The van der Waals surface area contributed by atoms with E-state index in [2.05, 4.69) is 0 Å². The molecule has 0 aliphatic rings. The Hall–Kier alpha value is -2.63. The van der Waals surface area contributed by atoms with E-state index in [0.717, 1.165) is 4.57 Å². The molecule has 0 aliphatic carbocycles. The number of methoxy groups -OCH3 is 1. The molecule has 1 heterocycles. The van der Waals surface area contributed by atoms with Gasteiger partial charge in [0.25, 0.3) is 5.56 Å². The van der Waals surface area contributed by atoms with Crippen molar-refractivity contribution in [3.05, 3.63) is 68.0 Å². The predicted octanol–water partition coefficient (Wildman–Crippen LogP) is 0.871. The van der Waals surface area contributed by atoms with Crippen LogP contribution in [0.15, 0.2) is 39.9 Å². The minimum absolute atomic E-state index is 0.236. The lowest BCUT2D eigenvalue weighted by Crippen LogP contribution is -2.48. The topological polar surface area (TPSA) is 70.3 Å². The lowest BCUT2D eigenvalue weighted by atomic mass is 9.76. The first-order valence-electron chi connectivity index (χ1n) is 7.17. The Bertz CT molecular complexity index is 865. The van der Waals surface area contributed by atoms with Crippen LogP contribution >= 0.6 is 0 Å². The molecule has 0 fully saturated rings. The minimum atomic E-state index is -1.31. The molecule has 1 aromatic heterocycles. The standard InChI is InChI=1S/C17H20N2O4/c1-11-13(14(20)19(4)16(22)18(11)3)17(2,15(21)23-5)12-9-7-6-8-10-12/h6-10H,1-5H3. The monoisotopic (exact) mass is 316 g/mol. The molecule has 0 saturated carbocycles. The van der Waals surface area contributed by atoms with Crippen LogP contribution in [0.3, 0.4) is 0 Å². The molecule has 6 nitrogen and oxygen atoms in total. The van der Waals surface area contributed by atoms with Crippen LogP contribution in [-0.2, 0) is 29.0 Å². The molecule has 1 atom stereocenters. The summed E-state index contributed by atoms with van der Waals surface area (Å²) in [5.74, 6) is -0.553. The van der Waals surface area contributed by atoms with Gasteiger partial charge in [0.1, 0.15) is 5.41 Å². The van der Waals surface area contributed by atoms with Crippen LogP contribution in [0.1, 0.15) is 23.7 Å². The van der Waals surface area contributed by atoms with Crippen LogP contribution in [0.5, 0.6) is 0 Å². The smallest absolute Gasteiger partial charge is 0.330 e. The van der Waals surface area contributed by atoms with Crippen molar-refractivity contribution in [1.29, 1.82) is 0 Å². The van der Waals surface area contributed by atoms with Crippen molar-refractivity contribution in [3.8, 4) is 0 Å². The van der Waals surface area contributed by atoms with Gasteiger partial charge in [0, 0.05) is 19.8 Å². The average Bonchev–Trinajstić information content (AvgIpc) is 2.58. The fourth-order valence-electron chi connectivity index (χ4n) is 2.86. The van der Waals surface area contributed by atoms with Crippen LogP contribution in [-0.4, -0.2) is 22.2 Å². The number of benzene rings is 1. The van der Waals surface area contributed by atoms with Crippen molar-refractivity contribution in [2.45, 2.75) is 19.3 Å². The first kappa shape index (κ1) is 16.7. The van der Waals surface area contributed by atoms with E-state index in [1.807, 2.05) is 6.07 Å². The Balaban J connectivity index is 2.97. The van der Waals surface area contributed by atoms with Gasteiger partial charge < -0.3 is 9.30 Å². The fraction of sp³-hybridized carbons (Fsp3) is 0.353. The molecule has 2 rings (SSSR count). The summed E-state index contributed by atoms with van der Waals surface area (Å²) in [6, 6.07) is 8.94. The van der Waals surface area contributed by atoms with E-state index in [9.17, 15) is 14.4 Å². The van der Waals surface area contributed by atoms with E-state index in [-0.39, 0.29) is 5.56 Å². The quantitative estimate of drug-likeness (QED) is 0.788. The third-order valence-electron chi connectivity index (χ3n) is 4.40. The van der Waals surface area contributed by atoms with Gasteiger partial charge in [0.2, 0.25) is 0 Å². The first-order valence-corrected chi connectivity index (χ1v) is 7.17. The van der Waals surface area contributed by atoms with Gasteiger partial charge in [-0.15, -0.1) is 0 Å². The minimum Gasteiger partial charge on any atom is -0.468 e. The highest BCUT2D eigenvalue weighted by atomic mass is 16.5. The van der Waals surface area contributed by atoms with Gasteiger partial charge in [-0.05, 0) is 19.4 Å². The molecule has 122 valence electrons. The van der Waals surface area contributed by atoms with E-state index in [4.69, 9.17) is 4.74 Å². The molecule has 0 bridgehead atoms. The molecule has 1 aromatic carbocycles. The summed E-state index contributed by atoms with van der Waals surface area (Å²) < 4.78 is 7.34. The lowest BCUT2D eigenvalue weighted by molar-refractivity contribution is -0.145. The Morgan fingerprint density at radius 1 is 1.09 bits per heavy atom. The number of carbonyl (C=O) groups excluding carboxylic acids is 1. The molecule has 1 unspecified atom stereocenters. The number of esters is 1. The Kier molecular flexibility index (Phi) is 4.27. The van der Waals surface area contributed by atoms with Gasteiger partial charge in [0.05, 0.1) is 12.7 Å². The van der Waals surface area contributed by atoms with Crippen molar-refractivity contribution < 1.29 is 9.53 Å². The van der Waals surface area contributed by atoms with E-state index in [1.54, 1.807) is 45.2 Å². The maximum Gasteiger partial charge on any atom is 0.330 e. The zero-order valence-electron chi connectivity index (χ0n) is 13.9. The van der Waals surface area contributed by atoms with Crippen LogP contribution in [0.25, 0.3) is 0 Å². The summed E-state index contributed by atoms with van der Waals surface area (Å²) >= 11 is 0. The summed E-state index contributed by atoms with van der Waals surface area (Å²) in [5, 5.41) is 0. The number of rotatable bonds is 3. The van der Waals surface area contributed by atoms with Gasteiger partial charge in [-0.25, -0.2) is 4.79 Å². The molecule has 0 N–H and O–H groups in total. The van der Waals surface area contributed by atoms with Crippen molar-refractivity contribution in [3.63, 3.8) is 0 Å². The van der Waals surface area contributed by atoms with Crippen molar-refractivity contribution in [2.24, 2.45) is 14.1 Å². The van der Waals surface area contributed by atoms with Gasteiger partial charge in [-0.2, -0.15) is 0 Å². The van der Waals surface area contributed by atoms with E-state index >= 15 is 0 Å². The number of hydrogen-bond donors (Lipinski definition) is 0. The Labute approximate surface area is 134 Å². The molecule has 23 heavy (non-hydrogen) atoms. The molecular weight excluding hydrogens is 296 g/mol. The SMILES string of the molecule is COC(=O)C(C)(c1ccccc1)c1c(C)n(C)c(=O)n(C)c1=O. The van der Waals surface area contributed by atoms with Crippen molar-refractivity contribution in [1.82, 2.24) is 9.13 Å². The molecule has 0 amide bonds. The fourth-order valence-corrected chi connectivity index (χ4v) is 2.86. The van der Waals surface area contributed by atoms with Gasteiger partial charge in [0.15, 0.2) is 0 Å². The normalized spacial score (nSPS) is 13.4. The number of carbonyl (C=O) groups is 1. The van der Waals surface area contributed by atoms with E-state index in [1.165, 1.54) is 18.7 Å². The Morgan fingerprint density at radius 3 is 2.17 bits per heavy atom. The maximum atomic E-state index is 12.7. The van der Waals surface area contributed by atoms with E-state index in [0.29, 0.717) is 11.3 Å². The highest BCUT2D eigenvalue weighted by Crippen LogP contribution is 2.32. The largest absolute Gasteiger partial charge is 0.468 e. The zero-order chi connectivity index (χ0) is 17.4. The predicted molar refractivity (Wildman–Crippen MR) is 86.6 cm³/mol. The van der Waals surface area contributed by atoms with Crippen LogP contribution in [0.4, 0.5) is 0 Å². The molecule has 0 saturated heterocycles. The van der Waals surface area contributed by atoms with Gasteiger partial charge in [-0.3, -0.25) is 14.2 Å². The second-order valence-electron chi connectivity index (χ2n) is 5.65. The summed E-state index contributed by atoms with van der Waals surface area (Å²) in [5.41, 5.74) is -0.931. The summed E-state index contributed by atoms with van der Waals surface area (Å²) in [6.45, 7) is 3.30. The van der Waals surface area contributed by atoms with Crippen LogP contribution in [0, 0.1) is 6.92 Å². The molecule has 0 aliphatic heterocycles. The molecular formula is C17H20N2O4. The van der Waals surface area contributed by atoms with Gasteiger partial charge in [-0.1, -0.05) is 30.3 Å². The molecule has 6 heteroatoms. The van der Waals surface area contributed by atoms with Crippen LogP contribution in [0.2, 0.25) is 0 Å². The molecule has 0 radical (unpaired) electrons. The molecule has 0 spiro atoms. The lowest BCUT2D eigenvalue weighted by Gasteiger charge is -2.29. The third-order valence-corrected chi connectivity index (χ3v) is 4.40. The summed E-state index contributed by atoms with van der Waals surface area (Å²) in [4.78, 5) is 37.4. The highest BCUT2D eigenvalue weighted by Gasteiger charge is 2.42. The maximum absolute atomic E-state index is 12.7. The van der Waals surface area contributed by atoms with Crippen molar-refractivity contribution in [2.75, 3.05) is 7.11 Å². The third kappa shape index (κ3) is 2.40. The summed E-state index contributed by atoms with van der Waals surface area (Å²) in [6.07, 6.45) is 0. The first-order chi connectivity index (χ1) is 10.8. The second kappa shape index (κ2) is 5.87. The second-order valence-corrected chi connectivity index (χ2v) is 5.65. The number of hydrogen-bond acceptors (Lipinski definition) is 4. The summed E-state index contributed by atoms with van der Waals surface area (Å²) in [7, 11) is 4.25. The Morgan fingerprint density at radius 2 is 1.65 bits per heavy atom. The number of aromatic nitrogens is 2. The van der Waals surface area contributed by atoms with E-state index < -0.39 is 22.6 Å². The number of ether oxygens (including phenoxy) is 1. The zero-order valence-corrected chi connectivity index (χ0v) is 13.9. The highest BCUT2D eigenvalue weighted by molar-refractivity contribution is 5.87.